The maximum atomic E-state index is 12.2. The highest BCUT2D eigenvalue weighted by Crippen LogP contribution is 2.14. The molecule has 0 aliphatic rings. The minimum Gasteiger partial charge on any atom is -0.492 e. The lowest BCUT2D eigenvalue weighted by Gasteiger charge is -2.09. The molecule has 0 aliphatic heterocycles. The Labute approximate surface area is 145 Å². The molecule has 2 heterocycles. The van der Waals surface area contributed by atoms with Crippen LogP contribution in [0, 0.1) is 0 Å². The fourth-order valence-corrected chi connectivity index (χ4v) is 2.17. The van der Waals surface area contributed by atoms with Crippen LogP contribution in [0.3, 0.4) is 0 Å². The average Bonchev–Trinajstić information content (AvgIpc) is 2.67. The van der Waals surface area contributed by atoms with E-state index in [1.807, 2.05) is 48.5 Å². The van der Waals surface area contributed by atoms with Crippen molar-refractivity contribution in [1.82, 2.24) is 15.3 Å². The molecule has 0 fully saturated rings. The van der Waals surface area contributed by atoms with Crippen LogP contribution in [0.25, 0.3) is 0 Å². The number of amides is 1. The molecule has 0 atom stereocenters. The van der Waals surface area contributed by atoms with E-state index >= 15 is 0 Å². The molecule has 0 saturated carbocycles. The van der Waals surface area contributed by atoms with E-state index in [9.17, 15) is 4.79 Å². The van der Waals surface area contributed by atoms with E-state index < -0.39 is 0 Å². The van der Waals surface area contributed by atoms with Crippen LogP contribution < -0.4 is 15.4 Å². The van der Waals surface area contributed by atoms with Crippen molar-refractivity contribution in [2.45, 2.75) is 0 Å². The second-order valence-corrected chi connectivity index (χ2v) is 5.22. The molecule has 3 rings (SSSR count). The lowest BCUT2D eigenvalue weighted by atomic mass is 10.2. The maximum Gasteiger partial charge on any atom is 0.253 e. The van der Waals surface area contributed by atoms with Crippen molar-refractivity contribution >= 4 is 17.4 Å². The highest BCUT2D eigenvalue weighted by molar-refractivity contribution is 5.94. The molecule has 3 aromatic rings. The molecule has 6 heteroatoms. The Kier molecular flexibility index (Phi) is 5.56. The lowest BCUT2D eigenvalue weighted by molar-refractivity contribution is 0.0946. The number of rotatable bonds is 7. The van der Waals surface area contributed by atoms with Crippen LogP contribution in [0.5, 0.6) is 5.75 Å². The zero-order chi connectivity index (χ0) is 17.3. The number of nitrogens with zero attached hydrogens (tertiary/aromatic N) is 2. The predicted octanol–water partition coefficient (Wildman–Crippen LogP) is 3.03. The molecule has 0 radical (unpaired) electrons. The topological polar surface area (TPSA) is 76.1 Å². The lowest BCUT2D eigenvalue weighted by Crippen LogP contribution is -2.28. The fraction of sp³-hybridized carbons (Fsp3) is 0.105. The number of anilines is 2. The third-order valence-electron chi connectivity index (χ3n) is 3.34. The smallest absolute Gasteiger partial charge is 0.253 e. The van der Waals surface area contributed by atoms with Gasteiger partial charge in [0, 0.05) is 12.4 Å². The Morgan fingerprint density at radius 3 is 2.68 bits per heavy atom. The molecule has 1 amide bonds. The van der Waals surface area contributed by atoms with Crippen molar-refractivity contribution in [1.29, 1.82) is 0 Å². The third-order valence-corrected chi connectivity index (χ3v) is 3.34. The summed E-state index contributed by atoms with van der Waals surface area (Å²) in [5.74, 6) is 1.27. The highest BCUT2D eigenvalue weighted by Gasteiger charge is 2.07. The molecule has 0 spiro atoms. The summed E-state index contributed by atoms with van der Waals surface area (Å²) in [7, 11) is 0. The number of aromatic nitrogens is 2. The van der Waals surface area contributed by atoms with Crippen LogP contribution in [-0.2, 0) is 0 Å². The van der Waals surface area contributed by atoms with Crippen molar-refractivity contribution in [2.75, 3.05) is 18.5 Å². The van der Waals surface area contributed by atoms with E-state index in [0.29, 0.717) is 30.2 Å². The molecule has 6 nitrogen and oxygen atoms in total. The summed E-state index contributed by atoms with van der Waals surface area (Å²) in [5.41, 5.74) is 1.17. The minimum absolute atomic E-state index is 0.200. The standard InChI is InChI=1S/C19H18N4O2/c24-19(22-10-11-25-17-6-2-1-3-7-17)15-12-16(14-20-13-15)23-18-8-4-5-9-21-18/h1-9,12-14H,10-11H2,(H,21,23)(H,22,24). The van der Waals surface area contributed by atoms with Crippen molar-refractivity contribution in [2.24, 2.45) is 0 Å². The van der Waals surface area contributed by atoms with Crippen LogP contribution in [0.1, 0.15) is 10.4 Å². The number of pyridine rings is 2. The van der Waals surface area contributed by atoms with Crippen molar-refractivity contribution in [3.8, 4) is 5.75 Å². The number of nitrogens with one attached hydrogen (secondary N) is 2. The summed E-state index contributed by atoms with van der Waals surface area (Å²) >= 11 is 0. The van der Waals surface area contributed by atoms with Gasteiger partial charge in [-0.1, -0.05) is 24.3 Å². The zero-order valence-corrected chi connectivity index (χ0v) is 13.6. The fourth-order valence-electron chi connectivity index (χ4n) is 2.17. The van der Waals surface area contributed by atoms with Gasteiger partial charge in [-0.2, -0.15) is 0 Å². The molecular weight excluding hydrogens is 316 g/mol. The van der Waals surface area contributed by atoms with Gasteiger partial charge in [-0.15, -0.1) is 0 Å². The first-order valence-corrected chi connectivity index (χ1v) is 7.90. The molecule has 2 N–H and O–H groups in total. The molecule has 0 saturated heterocycles. The number of ether oxygens (including phenoxy) is 1. The van der Waals surface area contributed by atoms with E-state index in [0.717, 1.165) is 5.75 Å². The van der Waals surface area contributed by atoms with Crippen LogP contribution in [0.15, 0.2) is 73.2 Å². The largest absolute Gasteiger partial charge is 0.492 e. The number of hydrogen-bond donors (Lipinski definition) is 2. The van der Waals surface area contributed by atoms with Gasteiger partial charge in [0.1, 0.15) is 18.2 Å². The van der Waals surface area contributed by atoms with E-state index in [2.05, 4.69) is 20.6 Å². The Morgan fingerprint density at radius 1 is 1.04 bits per heavy atom. The summed E-state index contributed by atoms with van der Waals surface area (Å²) < 4.78 is 5.54. The second-order valence-electron chi connectivity index (χ2n) is 5.22. The van der Waals surface area contributed by atoms with E-state index in [1.165, 1.54) is 6.20 Å². The monoisotopic (exact) mass is 334 g/mol. The van der Waals surface area contributed by atoms with Gasteiger partial charge in [0.25, 0.3) is 5.91 Å². The Bertz CT molecular complexity index is 810. The number of carbonyl (C=O) groups excluding carboxylic acids is 1. The normalized spacial score (nSPS) is 10.1. The first-order chi connectivity index (χ1) is 12.3. The van der Waals surface area contributed by atoms with Gasteiger partial charge in [0.2, 0.25) is 0 Å². The van der Waals surface area contributed by atoms with E-state index in [1.54, 1.807) is 18.5 Å². The van der Waals surface area contributed by atoms with Crippen molar-refractivity contribution < 1.29 is 9.53 Å². The zero-order valence-electron chi connectivity index (χ0n) is 13.6. The van der Waals surface area contributed by atoms with Crippen LogP contribution in [-0.4, -0.2) is 29.0 Å². The van der Waals surface area contributed by atoms with Crippen LogP contribution >= 0.6 is 0 Å². The number of benzene rings is 1. The first-order valence-electron chi connectivity index (χ1n) is 7.90. The molecule has 2 aromatic heterocycles. The summed E-state index contributed by atoms with van der Waals surface area (Å²) in [4.78, 5) is 20.5. The van der Waals surface area contributed by atoms with Crippen molar-refractivity contribution in [3.63, 3.8) is 0 Å². The summed E-state index contributed by atoms with van der Waals surface area (Å²) in [6.07, 6.45) is 4.86. The maximum absolute atomic E-state index is 12.2. The molecule has 25 heavy (non-hydrogen) atoms. The summed E-state index contributed by atoms with van der Waals surface area (Å²) in [6, 6.07) is 16.8. The van der Waals surface area contributed by atoms with E-state index in [-0.39, 0.29) is 5.91 Å². The Balaban J connectivity index is 1.51. The molecule has 126 valence electrons. The molecule has 0 bridgehead atoms. The molecule has 0 unspecified atom stereocenters. The first kappa shape index (κ1) is 16.4. The van der Waals surface area contributed by atoms with Gasteiger partial charge >= 0.3 is 0 Å². The quantitative estimate of drug-likeness (QED) is 0.650. The molecule has 1 aromatic carbocycles. The van der Waals surface area contributed by atoms with Gasteiger partial charge < -0.3 is 15.4 Å². The number of carbonyl (C=O) groups is 1. The highest BCUT2D eigenvalue weighted by atomic mass is 16.5. The third kappa shape index (κ3) is 5.04. The summed E-state index contributed by atoms with van der Waals surface area (Å²) in [5, 5.41) is 5.92. The van der Waals surface area contributed by atoms with Crippen molar-refractivity contribution in [3.05, 3.63) is 78.8 Å². The molecule has 0 aliphatic carbocycles. The minimum atomic E-state index is -0.200. The van der Waals surface area contributed by atoms with Crippen LogP contribution in [0.4, 0.5) is 11.5 Å². The number of para-hydroxylation sites is 1. The summed E-state index contributed by atoms with van der Waals surface area (Å²) in [6.45, 7) is 0.806. The Hall–Kier alpha value is -3.41. The Morgan fingerprint density at radius 2 is 1.88 bits per heavy atom. The second kappa shape index (κ2) is 8.44. The van der Waals surface area contributed by atoms with Gasteiger partial charge in [-0.05, 0) is 30.3 Å². The number of hydrogen-bond acceptors (Lipinski definition) is 5. The molecular formula is C19H18N4O2. The van der Waals surface area contributed by atoms with Gasteiger partial charge in [-0.3, -0.25) is 9.78 Å². The van der Waals surface area contributed by atoms with E-state index in [4.69, 9.17) is 4.74 Å². The predicted molar refractivity (Wildman–Crippen MR) is 96.0 cm³/mol. The SMILES string of the molecule is O=C(NCCOc1ccccc1)c1cncc(Nc2ccccn2)c1. The van der Waals surface area contributed by atoms with Gasteiger partial charge in [-0.25, -0.2) is 4.98 Å². The van der Waals surface area contributed by atoms with Crippen LogP contribution in [0.2, 0.25) is 0 Å². The average molecular weight is 334 g/mol. The van der Waals surface area contributed by atoms with Gasteiger partial charge in [0.15, 0.2) is 0 Å². The van der Waals surface area contributed by atoms with Gasteiger partial charge in [0.05, 0.1) is 24.0 Å².